The van der Waals surface area contributed by atoms with E-state index in [1.165, 1.54) is 0 Å². The van der Waals surface area contributed by atoms with Gasteiger partial charge in [-0.15, -0.1) is 0 Å². The van der Waals surface area contributed by atoms with Crippen molar-refractivity contribution in [3.63, 3.8) is 0 Å². The summed E-state index contributed by atoms with van der Waals surface area (Å²) >= 11 is 5.87. The summed E-state index contributed by atoms with van der Waals surface area (Å²) in [4.78, 5) is 13.9. The first kappa shape index (κ1) is 20.5. The van der Waals surface area contributed by atoms with Crippen molar-refractivity contribution in [2.75, 3.05) is 19.7 Å². The number of nitrogens with zero attached hydrogens (tertiary/aromatic N) is 1. The van der Waals surface area contributed by atoms with Gasteiger partial charge in [0.2, 0.25) is 5.91 Å². The van der Waals surface area contributed by atoms with Crippen LogP contribution in [-0.4, -0.2) is 52.9 Å². The number of ether oxygens (including phenoxy) is 1. The number of halogens is 2. The lowest BCUT2D eigenvalue weighted by Gasteiger charge is -2.51. The third-order valence-corrected chi connectivity index (χ3v) is 6.13. The Bertz CT molecular complexity index is 690. The largest absolute Gasteiger partial charge is 0.388 e. The van der Waals surface area contributed by atoms with E-state index in [4.69, 9.17) is 16.3 Å². The molecule has 150 valence electrons. The van der Waals surface area contributed by atoms with Crippen LogP contribution in [0.25, 0.3) is 0 Å². The zero-order valence-electron chi connectivity index (χ0n) is 15.9. The molecule has 0 saturated carbocycles. The molecule has 2 fully saturated rings. The molecule has 2 saturated heterocycles. The molecule has 27 heavy (non-hydrogen) atoms. The quantitative estimate of drug-likeness (QED) is 0.818. The number of rotatable bonds is 4. The number of carbonyl (C=O) groups excluding carboxylic acids is 1. The van der Waals surface area contributed by atoms with Gasteiger partial charge in [-0.2, -0.15) is 0 Å². The van der Waals surface area contributed by atoms with Crippen LogP contribution in [0.15, 0.2) is 18.2 Å². The smallest absolute Gasteiger partial charge is 0.220 e. The van der Waals surface area contributed by atoms with E-state index in [-0.39, 0.29) is 22.3 Å². The van der Waals surface area contributed by atoms with Gasteiger partial charge in [-0.05, 0) is 25.8 Å². The zero-order valence-corrected chi connectivity index (χ0v) is 16.7. The first-order chi connectivity index (χ1) is 12.7. The Kier molecular flexibility index (Phi) is 6.11. The number of benzene rings is 1. The molecule has 3 rings (SSSR count). The lowest BCUT2D eigenvalue weighted by atomic mass is 9.75. The molecule has 2 N–H and O–H groups in total. The maximum Gasteiger partial charge on any atom is 0.220 e. The second kappa shape index (κ2) is 8.03. The van der Waals surface area contributed by atoms with E-state index in [2.05, 4.69) is 10.2 Å². The first-order valence-corrected chi connectivity index (χ1v) is 9.93. The summed E-state index contributed by atoms with van der Waals surface area (Å²) in [6.45, 7) is 5.89. The molecular weight excluding hydrogens is 371 g/mol. The molecule has 1 amide bonds. The highest BCUT2D eigenvalue weighted by atomic mass is 35.5. The van der Waals surface area contributed by atoms with Crippen molar-refractivity contribution >= 4 is 17.5 Å². The van der Waals surface area contributed by atoms with Gasteiger partial charge in [0.25, 0.3) is 0 Å². The molecule has 0 unspecified atom stereocenters. The molecule has 0 aromatic heterocycles. The molecule has 2 aliphatic heterocycles. The first-order valence-electron chi connectivity index (χ1n) is 9.56. The number of aliphatic hydroxyl groups is 1. The summed E-state index contributed by atoms with van der Waals surface area (Å²) in [5.41, 5.74) is -0.803. The topological polar surface area (TPSA) is 61.8 Å². The summed E-state index contributed by atoms with van der Waals surface area (Å²) in [5.74, 6) is -0.441. The Morgan fingerprint density at radius 3 is 2.78 bits per heavy atom. The van der Waals surface area contributed by atoms with E-state index in [0.717, 1.165) is 25.9 Å². The fourth-order valence-corrected chi connectivity index (χ4v) is 4.31. The van der Waals surface area contributed by atoms with E-state index in [1.54, 1.807) is 32.0 Å². The SMILES string of the molecule is CCC(=O)N[C@H]1COC2(CCN(Cc3cccc(Cl)c3F)CC2)C[C@]1(C)O. The summed E-state index contributed by atoms with van der Waals surface area (Å²) in [7, 11) is 0. The molecule has 2 atom stereocenters. The summed E-state index contributed by atoms with van der Waals surface area (Å²) in [6, 6.07) is 4.68. The highest BCUT2D eigenvalue weighted by Gasteiger charge is 2.49. The predicted molar refractivity (Wildman–Crippen MR) is 102 cm³/mol. The van der Waals surface area contributed by atoms with Gasteiger partial charge in [0, 0.05) is 38.0 Å². The molecule has 2 heterocycles. The maximum atomic E-state index is 14.1. The van der Waals surface area contributed by atoms with E-state index < -0.39 is 11.6 Å². The lowest BCUT2D eigenvalue weighted by molar-refractivity contribution is -0.189. The van der Waals surface area contributed by atoms with Crippen LogP contribution < -0.4 is 5.32 Å². The molecule has 7 heteroatoms. The molecule has 1 aromatic rings. The minimum Gasteiger partial charge on any atom is -0.388 e. The number of nitrogens with one attached hydrogen (secondary N) is 1. The van der Waals surface area contributed by atoms with Crippen LogP contribution in [0.2, 0.25) is 5.02 Å². The molecule has 1 spiro atoms. The molecule has 2 aliphatic rings. The minimum absolute atomic E-state index is 0.0850. The number of hydrogen-bond donors (Lipinski definition) is 2. The minimum atomic E-state index is -1.01. The molecule has 1 aromatic carbocycles. The number of amides is 1. The van der Waals surface area contributed by atoms with Crippen molar-refractivity contribution < 1.29 is 19.0 Å². The highest BCUT2D eigenvalue weighted by molar-refractivity contribution is 6.30. The van der Waals surface area contributed by atoms with Crippen molar-refractivity contribution in [2.24, 2.45) is 0 Å². The summed E-state index contributed by atoms with van der Waals surface area (Å²) in [5, 5.41) is 13.9. The Morgan fingerprint density at radius 1 is 1.44 bits per heavy atom. The van der Waals surface area contributed by atoms with Gasteiger partial charge in [-0.25, -0.2) is 4.39 Å². The van der Waals surface area contributed by atoms with Gasteiger partial charge in [0.1, 0.15) is 5.82 Å². The molecule has 5 nitrogen and oxygen atoms in total. The molecule has 0 radical (unpaired) electrons. The van der Waals surface area contributed by atoms with Crippen molar-refractivity contribution in [3.05, 3.63) is 34.6 Å². The van der Waals surface area contributed by atoms with Crippen molar-refractivity contribution in [1.82, 2.24) is 10.2 Å². The second-order valence-electron chi connectivity index (χ2n) is 7.99. The van der Waals surface area contributed by atoms with Crippen LogP contribution in [-0.2, 0) is 16.1 Å². The Labute approximate surface area is 164 Å². The monoisotopic (exact) mass is 398 g/mol. The van der Waals surface area contributed by atoms with Crippen LogP contribution >= 0.6 is 11.6 Å². The van der Waals surface area contributed by atoms with Crippen LogP contribution in [0, 0.1) is 5.82 Å². The summed E-state index contributed by atoms with van der Waals surface area (Å²) < 4.78 is 20.3. The Hall–Kier alpha value is -1.21. The van der Waals surface area contributed by atoms with Crippen LogP contribution in [0.5, 0.6) is 0 Å². The predicted octanol–water partition coefficient (Wildman–Crippen LogP) is 2.88. The van der Waals surface area contributed by atoms with Gasteiger partial charge in [0.05, 0.1) is 28.9 Å². The van der Waals surface area contributed by atoms with Crippen LogP contribution in [0.3, 0.4) is 0 Å². The lowest BCUT2D eigenvalue weighted by Crippen LogP contribution is -2.63. The highest BCUT2D eigenvalue weighted by Crippen LogP contribution is 2.40. The average Bonchev–Trinajstić information content (AvgIpc) is 2.63. The number of carbonyl (C=O) groups is 1. The summed E-state index contributed by atoms with van der Waals surface area (Å²) in [6.07, 6.45) is 2.39. The van der Waals surface area contributed by atoms with Gasteiger partial charge in [-0.3, -0.25) is 9.69 Å². The second-order valence-corrected chi connectivity index (χ2v) is 8.40. The molecule has 0 bridgehead atoms. The van der Waals surface area contributed by atoms with E-state index >= 15 is 0 Å². The van der Waals surface area contributed by atoms with Gasteiger partial charge in [0.15, 0.2) is 0 Å². The average molecular weight is 399 g/mol. The van der Waals surface area contributed by atoms with Crippen LogP contribution in [0.4, 0.5) is 4.39 Å². The van der Waals surface area contributed by atoms with Gasteiger partial charge in [-0.1, -0.05) is 30.7 Å². The standard InChI is InChI=1S/C20H28ClFN2O3/c1-3-17(25)23-16-12-27-20(13-19(16,2)26)7-9-24(10-8-20)11-14-5-4-6-15(21)18(14)22/h4-6,16,26H,3,7-13H2,1-2H3,(H,23,25)/t16-,19-/m0/s1. The van der Waals surface area contributed by atoms with Crippen LogP contribution in [0.1, 0.15) is 45.1 Å². The number of hydrogen-bond acceptors (Lipinski definition) is 4. The van der Waals surface area contributed by atoms with Crippen molar-refractivity contribution in [3.8, 4) is 0 Å². The van der Waals surface area contributed by atoms with E-state index in [9.17, 15) is 14.3 Å². The van der Waals surface area contributed by atoms with Crippen molar-refractivity contribution in [1.29, 1.82) is 0 Å². The maximum absolute atomic E-state index is 14.1. The fraction of sp³-hybridized carbons (Fsp3) is 0.650. The van der Waals surface area contributed by atoms with Crippen molar-refractivity contribution in [2.45, 2.75) is 63.3 Å². The van der Waals surface area contributed by atoms with Gasteiger partial charge >= 0.3 is 0 Å². The van der Waals surface area contributed by atoms with E-state index in [0.29, 0.717) is 31.6 Å². The normalized spacial score (nSPS) is 28.3. The molecule has 0 aliphatic carbocycles. The van der Waals surface area contributed by atoms with Gasteiger partial charge < -0.3 is 15.2 Å². The Balaban J connectivity index is 1.58. The zero-order chi connectivity index (χ0) is 19.7. The third-order valence-electron chi connectivity index (χ3n) is 5.84. The third kappa shape index (κ3) is 4.62. The Morgan fingerprint density at radius 2 is 2.15 bits per heavy atom. The number of likely N-dealkylation sites (tertiary alicyclic amines) is 1. The molecular formula is C20H28ClFN2O3. The fourth-order valence-electron chi connectivity index (χ4n) is 4.11. The number of piperidine rings is 1. The van der Waals surface area contributed by atoms with E-state index in [1.807, 2.05) is 0 Å².